The zero-order valence-electron chi connectivity index (χ0n) is 10.4. The van der Waals surface area contributed by atoms with Gasteiger partial charge in [-0.3, -0.25) is 0 Å². The van der Waals surface area contributed by atoms with Crippen LogP contribution in [0, 0.1) is 0 Å². The Morgan fingerprint density at radius 3 is 2.94 bits per heavy atom. The molecule has 2 aromatic rings. The van der Waals surface area contributed by atoms with Gasteiger partial charge in [0.1, 0.15) is 5.52 Å². The van der Waals surface area contributed by atoms with E-state index in [1.54, 1.807) is 6.07 Å². The van der Waals surface area contributed by atoms with Crippen molar-refractivity contribution >= 4 is 22.8 Å². The second-order valence-corrected chi connectivity index (χ2v) is 4.28. The van der Waals surface area contributed by atoms with Gasteiger partial charge in [-0.05, 0) is 25.0 Å². The van der Waals surface area contributed by atoms with E-state index in [-0.39, 0.29) is 0 Å². The van der Waals surface area contributed by atoms with Gasteiger partial charge in [0.25, 0.3) is 6.01 Å². The van der Waals surface area contributed by atoms with E-state index in [1.807, 2.05) is 12.1 Å². The van der Waals surface area contributed by atoms with Crippen LogP contribution in [0.3, 0.4) is 0 Å². The third kappa shape index (κ3) is 2.70. The summed E-state index contributed by atoms with van der Waals surface area (Å²) in [5, 5.41) is 3.32. The largest absolute Gasteiger partial charge is 0.423 e. The van der Waals surface area contributed by atoms with Crippen LogP contribution in [0.2, 0.25) is 0 Å². The number of nitrogens with two attached hydrogens (primary N) is 1. The second-order valence-electron chi connectivity index (χ2n) is 4.28. The number of nitrogen functional groups attached to an aromatic ring is 1. The molecule has 4 heteroatoms. The molecule has 0 saturated carbocycles. The van der Waals surface area contributed by atoms with Crippen LogP contribution in [0.15, 0.2) is 22.6 Å². The summed E-state index contributed by atoms with van der Waals surface area (Å²) in [5.74, 6) is 0. The van der Waals surface area contributed by atoms with E-state index in [2.05, 4.69) is 24.1 Å². The van der Waals surface area contributed by atoms with Crippen LogP contribution in [0.4, 0.5) is 11.7 Å². The van der Waals surface area contributed by atoms with E-state index >= 15 is 0 Å². The van der Waals surface area contributed by atoms with Crippen molar-refractivity contribution in [3.63, 3.8) is 0 Å². The van der Waals surface area contributed by atoms with E-state index in [4.69, 9.17) is 10.2 Å². The van der Waals surface area contributed by atoms with E-state index in [0.717, 1.165) is 30.4 Å². The Morgan fingerprint density at radius 1 is 1.41 bits per heavy atom. The minimum absolute atomic E-state index is 0.422. The Hall–Kier alpha value is -1.71. The molecule has 2 rings (SSSR count). The number of hydrogen-bond acceptors (Lipinski definition) is 4. The number of hydrogen-bond donors (Lipinski definition) is 2. The molecule has 0 aliphatic carbocycles. The lowest BCUT2D eigenvalue weighted by Gasteiger charge is -2.13. The summed E-state index contributed by atoms with van der Waals surface area (Å²) in [6.07, 6.45) is 3.34. The first-order valence-electron chi connectivity index (χ1n) is 6.15. The molecule has 92 valence electrons. The predicted octanol–water partition coefficient (Wildman–Crippen LogP) is 3.40. The number of oxazole rings is 1. The SMILES string of the molecule is CCCC(CC)Nc1nc2ccc(N)cc2o1. The average Bonchev–Trinajstić information content (AvgIpc) is 2.69. The van der Waals surface area contributed by atoms with Crippen LogP contribution in [-0.2, 0) is 0 Å². The summed E-state index contributed by atoms with van der Waals surface area (Å²) in [6, 6.07) is 6.52. The number of nitrogens with zero attached hydrogens (tertiary/aromatic N) is 1. The molecule has 0 fully saturated rings. The summed E-state index contributed by atoms with van der Waals surface area (Å²) in [5.41, 5.74) is 7.97. The summed E-state index contributed by atoms with van der Waals surface area (Å²) in [6.45, 7) is 4.34. The van der Waals surface area contributed by atoms with Crippen LogP contribution in [-0.4, -0.2) is 11.0 Å². The normalized spacial score (nSPS) is 12.8. The van der Waals surface area contributed by atoms with Crippen molar-refractivity contribution in [2.45, 2.75) is 39.2 Å². The molecule has 17 heavy (non-hydrogen) atoms. The average molecular weight is 233 g/mol. The van der Waals surface area contributed by atoms with Gasteiger partial charge in [0, 0.05) is 17.8 Å². The Bertz CT molecular complexity index is 492. The first-order chi connectivity index (χ1) is 8.22. The fourth-order valence-corrected chi connectivity index (χ4v) is 1.90. The van der Waals surface area contributed by atoms with Crippen LogP contribution in [0.1, 0.15) is 33.1 Å². The van der Waals surface area contributed by atoms with Crippen molar-refractivity contribution in [1.29, 1.82) is 0 Å². The van der Waals surface area contributed by atoms with Gasteiger partial charge in [-0.1, -0.05) is 20.3 Å². The molecule has 0 saturated heterocycles. The van der Waals surface area contributed by atoms with E-state index in [9.17, 15) is 0 Å². The molecular weight excluding hydrogens is 214 g/mol. The van der Waals surface area contributed by atoms with E-state index < -0.39 is 0 Å². The van der Waals surface area contributed by atoms with Gasteiger partial charge in [-0.25, -0.2) is 0 Å². The number of rotatable bonds is 5. The lowest BCUT2D eigenvalue weighted by molar-refractivity contribution is 0.562. The molecule has 1 unspecified atom stereocenters. The minimum atomic E-state index is 0.422. The maximum atomic E-state index is 5.70. The molecule has 0 bridgehead atoms. The molecule has 1 atom stereocenters. The highest BCUT2D eigenvalue weighted by molar-refractivity contribution is 5.78. The molecule has 3 N–H and O–H groups in total. The second kappa shape index (κ2) is 5.08. The maximum Gasteiger partial charge on any atom is 0.295 e. The number of aromatic nitrogens is 1. The van der Waals surface area contributed by atoms with Crippen LogP contribution in [0.5, 0.6) is 0 Å². The fourth-order valence-electron chi connectivity index (χ4n) is 1.90. The molecule has 4 nitrogen and oxygen atoms in total. The Kier molecular flexibility index (Phi) is 3.52. The standard InChI is InChI=1S/C13H19N3O/c1-3-5-10(4-2)15-13-16-11-7-6-9(14)8-12(11)17-13/h6-8,10H,3-5,14H2,1-2H3,(H,15,16). The summed E-state index contributed by atoms with van der Waals surface area (Å²) in [7, 11) is 0. The lowest BCUT2D eigenvalue weighted by atomic mass is 10.1. The minimum Gasteiger partial charge on any atom is -0.423 e. The first-order valence-corrected chi connectivity index (χ1v) is 6.15. The monoisotopic (exact) mass is 233 g/mol. The maximum absolute atomic E-state index is 5.70. The van der Waals surface area contributed by atoms with Crippen molar-refractivity contribution in [3.05, 3.63) is 18.2 Å². The van der Waals surface area contributed by atoms with Crippen LogP contribution < -0.4 is 11.1 Å². The van der Waals surface area contributed by atoms with Crippen LogP contribution in [0.25, 0.3) is 11.1 Å². The Morgan fingerprint density at radius 2 is 2.24 bits per heavy atom. The van der Waals surface area contributed by atoms with Gasteiger partial charge in [-0.15, -0.1) is 0 Å². The van der Waals surface area contributed by atoms with Gasteiger partial charge in [0.05, 0.1) is 0 Å². The molecule has 1 heterocycles. The van der Waals surface area contributed by atoms with Gasteiger partial charge in [-0.2, -0.15) is 4.98 Å². The van der Waals surface area contributed by atoms with Crippen molar-refractivity contribution in [2.24, 2.45) is 0 Å². The van der Waals surface area contributed by atoms with Gasteiger partial charge in [0.2, 0.25) is 0 Å². The predicted molar refractivity (Wildman–Crippen MR) is 71.0 cm³/mol. The number of fused-ring (bicyclic) bond motifs is 1. The van der Waals surface area contributed by atoms with Crippen molar-refractivity contribution in [3.8, 4) is 0 Å². The highest BCUT2D eigenvalue weighted by Crippen LogP contribution is 2.22. The van der Waals surface area contributed by atoms with E-state index in [0.29, 0.717) is 17.7 Å². The summed E-state index contributed by atoms with van der Waals surface area (Å²) >= 11 is 0. The van der Waals surface area contributed by atoms with E-state index in [1.165, 1.54) is 0 Å². The topological polar surface area (TPSA) is 64.1 Å². The van der Waals surface area contributed by atoms with Crippen LogP contribution >= 0.6 is 0 Å². The first kappa shape index (κ1) is 11.8. The Balaban J connectivity index is 2.18. The molecule has 0 aliphatic rings. The zero-order valence-corrected chi connectivity index (χ0v) is 10.4. The van der Waals surface area contributed by atoms with Gasteiger partial charge < -0.3 is 15.5 Å². The lowest BCUT2D eigenvalue weighted by Crippen LogP contribution is -2.17. The fraction of sp³-hybridized carbons (Fsp3) is 0.462. The molecule has 1 aromatic heterocycles. The molecule has 0 radical (unpaired) electrons. The smallest absolute Gasteiger partial charge is 0.295 e. The third-order valence-corrected chi connectivity index (χ3v) is 2.87. The highest BCUT2D eigenvalue weighted by Gasteiger charge is 2.10. The number of anilines is 2. The van der Waals surface area contributed by atoms with Crippen molar-refractivity contribution in [1.82, 2.24) is 4.98 Å². The summed E-state index contributed by atoms with van der Waals surface area (Å²) in [4.78, 5) is 4.39. The van der Waals surface area contributed by atoms with Gasteiger partial charge in [0.15, 0.2) is 5.58 Å². The molecule has 1 aromatic carbocycles. The van der Waals surface area contributed by atoms with Crippen molar-refractivity contribution < 1.29 is 4.42 Å². The number of nitrogens with one attached hydrogen (secondary N) is 1. The molecular formula is C13H19N3O. The third-order valence-electron chi connectivity index (χ3n) is 2.87. The van der Waals surface area contributed by atoms with Crippen molar-refractivity contribution in [2.75, 3.05) is 11.1 Å². The van der Waals surface area contributed by atoms with Gasteiger partial charge >= 0.3 is 0 Å². The number of benzene rings is 1. The molecule has 0 spiro atoms. The molecule has 0 amide bonds. The summed E-state index contributed by atoms with van der Waals surface area (Å²) < 4.78 is 5.63. The Labute approximate surface area is 101 Å². The highest BCUT2D eigenvalue weighted by atomic mass is 16.4. The quantitative estimate of drug-likeness (QED) is 0.777. The molecule has 0 aliphatic heterocycles. The zero-order chi connectivity index (χ0) is 12.3.